The summed E-state index contributed by atoms with van der Waals surface area (Å²) in [6.45, 7) is 0.0397. The predicted molar refractivity (Wildman–Crippen MR) is 35.7 cm³/mol. The lowest BCUT2D eigenvalue weighted by molar-refractivity contribution is -0.134. The SMILES string of the molecule is COS(=O)(=O)OC(=O)CCN. The monoisotopic (exact) mass is 183 g/mol. The van der Waals surface area contributed by atoms with Crippen molar-refractivity contribution in [3.8, 4) is 0 Å². The molecule has 7 heteroatoms. The van der Waals surface area contributed by atoms with E-state index in [0.717, 1.165) is 7.11 Å². The zero-order valence-electron chi connectivity index (χ0n) is 5.94. The van der Waals surface area contributed by atoms with E-state index >= 15 is 0 Å². The minimum Gasteiger partial charge on any atom is -0.330 e. The summed E-state index contributed by atoms with van der Waals surface area (Å²) in [7, 11) is -3.25. The summed E-state index contributed by atoms with van der Waals surface area (Å²) in [6.07, 6.45) is -0.150. The normalized spacial score (nSPS) is 11.1. The first-order valence-electron chi connectivity index (χ1n) is 2.74. The van der Waals surface area contributed by atoms with E-state index in [1.54, 1.807) is 0 Å². The highest BCUT2D eigenvalue weighted by atomic mass is 32.3. The molecule has 0 spiro atoms. The standard InChI is InChI=1S/C4H9NO5S/c1-9-11(7,8)10-4(6)2-3-5/h2-3,5H2,1H3. The lowest BCUT2D eigenvalue weighted by atomic mass is 10.5. The molecule has 0 unspecified atom stereocenters. The van der Waals surface area contributed by atoms with Gasteiger partial charge in [-0.3, -0.25) is 4.79 Å². The van der Waals surface area contributed by atoms with Gasteiger partial charge in [0.2, 0.25) is 0 Å². The molecule has 0 rings (SSSR count). The molecule has 11 heavy (non-hydrogen) atoms. The Kier molecular flexibility index (Phi) is 4.01. The van der Waals surface area contributed by atoms with Crippen molar-refractivity contribution in [2.24, 2.45) is 5.73 Å². The largest absolute Gasteiger partial charge is 0.451 e. The van der Waals surface area contributed by atoms with Crippen LogP contribution in [0.5, 0.6) is 0 Å². The van der Waals surface area contributed by atoms with Gasteiger partial charge in [0.15, 0.2) is 0 Å². The second kappa shape index (κ2) is 4.27. The maximum absolute atomic E-state index is 10.5. The molecular formula is C4H9NO5S. The molecule has 0 heterocycles. The van der Waals surface area contributed by atoms with Crippen LogP contribution in [-0.4, -0.2) is 28.0 Å². The van der Waals surface area contributed by atoms with Crippen LogP contribution in [0, 0.1) is 0 Å². The summed E-state index contributed by atoms with van der Waals surface area (Å²) in [5, 5.41) is 0. The van der Waals surface area contributed by atoms with Crippen LogP contribution in [0.3, 0.4) is 0 Å². The predicted octanol–water partition coefficient (Wildman–Crippen LogP) is -1.23. The van der Waals surface area contributed by atoms with E-state index in [1.165, 1.54) is 0 Å². The van der Waals surface area contributed by atoms with Gasteiger partial charge < -0.3 is 9.92 Å². The van der Waals surface area contributed by atoms with E-state index < -0.39 is 16.4 Å². The second-order valence-electron chi connectivity index (χ2n) is 1.57. The summed E-state index contributed by atoms with van der Waals surface area (Å²) in [5.41, 5.74) is 4.95. The number of nitrogens with two attached hydrogens (primary N) is 1. The number of hydrogen-bond donors (Lipinski definition) is 1. The fourth-order valence-electron chi connectivity index (χ4n) is 0.307. The van der Waals surface area contributed by atoms with Crippen LogP contribution >= 0.6 is 0 Å². The van der Waals surface area contributed by atoms with Crippen molar-refractivity contribution in [2.45, 2.75) is 6.42 Å². The smallest absolute Gasteiger partial charge is 0.330 e. The Balaban J connectivity index is 3.95. The van der Waals surface area contributed by atoms with Gasteiger partial charge in [0.25, 0.3) is 0 Å². The van der Waals surface area contributed by atoms with E-state index in [4.69, 9.17) is 5.73 Å². The van der Waals surface area contributed by atoms with E-state index in [1.807, 2.05) is 0 Å². The average molecular weight is 183 g/mol. The summed E-state index contributed by atoms with van der Waals surface area (Å²) < 4.78 is 28.5. The summed E-state index contributed by atoms with van der Waals surface area (Å²) >= 11 is 0. The van der Waals surface area contributed by atoms with Crippen molar-refractivity contribution in [3.05, 3.63) is 0 Å². The fraction of sp³-hybridized carbons (Fsp3) is 0.750. The number of rotatable bonds is 4. The minimum atomic E-state index is -4.15. The Morgan fingerprint density at radius 1 is 1.55 bits per heavy atom. The summed E-state index contributed by atoms with van der Waals surface area (Å²) in [5.74, 6) is -0.922. The molecule has 0 saturated heterocycles. The van der Waals surface area contributed by atoms with Gasteiger partial charge in [0, 0.05) is 6.54 Å². The third-order valence-electron chi connectivity index (χ3n) is 0.748. The molecule has 0 radical (unpaired) electrons. The molecule has 0 aromatic carbocycles. The molecule has 0 aromatic rings. The molecule has 6 nitrogen and oxygen atoms in total. The first kappa shape index (κ1) is 10.3. The zero-order chi connectivity index (χ0) is 8.91. The Labute approximate surface area is 64.6 Å². The van der Waals surface area contributed by atoms with Crippen molar-refractivity contribution in [3.63, 3.8) is 0 Å². The minimum absolute atomic E-state index is 0.0397. The average Bonchev–Trinajstić information content (AvgIpc) is 1.87. The molecule has 0 aliphatic carbocycles. The highest BCUT2D eigenvalue weighted by Gasteiger charge is 2.14. The molecule has 0 fully saturated rings. The first-order valence-corrected chi connectivity index (χ1v) is 4.08. The van der Waals surface area contributed by atoms with Crippen LogP contribution < -0.4 is 5.73 Å². The fourth-order valence-corrected chi connectivity index (χ4v) is 0.686. The van der Waals surface area contributed by atoms with Crippen LogP contribution in [0.4, 0.5) is 0 Å². The topological polar surface area (TPSA) is 95.7 Å². The highest BCUT2D eigenvalue weighted by Crippen LogP contribution is 1.95. The summed E-state index contributed by atoms with van der Waals surface area (Å²) in [4.78, 5) is 10.5. The quantitative estimate of drug-likeness (QED) is 0.586. The lowest BCUT2D eigenvalue weighted by Crippen LogP contribution is -2.16. The maximum Gasteiger partial charge on any atom is 0.451 e. The van der Waals surface area contributed by atoms with Gasteiger partial charge in [-0.15, -0.1) is 0 Å². The van der Waals surface area contributed by atoms with Crippen molar-refractivity contribution in [1.29, 1.82) is 0 Å². The molecule has 0 aliphatic heterocycles. The lowest BCUT2D eigenvalue weighted by Gasteiger charge is -2.00. The van der Waals surface area contributed by atoms with Gasteiger partial charge in [-0.1, -0.05) is 0 Å². The van der Waals surface area contributed by atoms with Crippen molar-refractivity contribution < 1.29 is 21.6 Å². The van der Waals surface area contributed by atoms with E-state index in [0.29, 0.717) is 0 Å². The van der Waals surface area contributed by atoms with Crippen LogP contribution in [0.1, 0.15) is 6.42 Å². The van der Waals surface area contributed by atoms with Crippen molar-refractivity contribution >= 4 is 16.4 Å². The molecule has 0 aliphatic rings. The van der Waals surface area contributed by atoms with Crippen LogP contribution in [0.15, 0.2) is 0 Å². The molecule has 0 aromatic heterocycles. The maximum atomic E-state index is 10.5. The molecule has 0 amide bonds. The van der Waals surface area contributed by atoms with Crippen molar-refractivity contribution in [2.75, 3.05) is 13.7 Å². The Hall–Kier alpha value is -0.660. The highest BCUT2D eigenvalue weighted by molar-refractivity contribution is 7.82. The molecule has 2 N–H and O–H groups in total. The number of carbonyl (C=O) groups excluding carboxylic acids is 1. The van der Waals surface area contributed by atoms with Crippen LogP contribution in [-0.2, 0) is 23.6 Å². The number of hydrogen-bond acceptors (Lipinski definition) is 6. The Morgan fingerprint density at radius 2 is 2.09 bits per heavy atom. The van der Waals surface area contributed by atoms with E-state index in [9.17, 15) is 13.2 Å². The van der Waals surface area contributed by atoms with Gasteiger partial charge in [-0.2, -0.15) is 8.42 Å². The third-order valence-corrected chi connectivity index (χ3v) is 1.55. The Morgan fingerprint density at radius 3 is 2.45 bits per heavy atom. The van der Waals surface area contributed by atoms with Gasteiger partial charge in [-0.05, 0) is 0 Å². The third kappa shape index (κ3) is 4.71. The Bertz CT molecular complexity index is 221. The van der Waals surface area contributed by atoms with Gasteiger partial charge in [-0.25, -0.2) is 4.18 Å². The molecule has 66 valence electrons. The molecule has 0 bridgehead atoms. The van der Waals surface area contributed by atoms with Gasteiger partial charge in [0.05, 0.1) is 13.5 Å². The number of carbonyl (C=O) groups is 1. The van der Waals surface area contributed by atoms with Gasteiger partial charge >= 0.3 is 16.4 Å². The van der Waals surface area contributed by atoms with E-state index in [2.05, 4.69) is 8.37 Å². The molecular weight excluding hydrogens is 174 g/mol. The zero-order valence-corrected chi connectivity index (χ0v) is 6.76. The van der Waals surface area contributed by atoms with E-state index in [-0.39, 0.29) is 13.0 Å². The van der Waals surface area contributed by atoms with Gasteiger partial charge in [0.1, 0.15) is 0 Å². The van der Waals surface area contributed by atoms with Crippen molar-refractivity contribution in [1.82, 2.24) is 0 Å². The first-order chi connectivity index (χ1) is 5.02. The molecule has 0 saturated carbocycles. The van der Waals surface area contributed by atoms with Crippen LogP contribution in [0.25, 0.3) is 0 Å². The second-order valence-corrected chi connectivity index (χ2v) is 2.89. The van der Waals surface area contributed by atoms with Crippen LogP contribution in [0.2, 0.25) is 0 Å². The molecule has 0 atom stereocenters. The summed E-state index contributed by atoms with van der Waals surface area (Å²) in [6, 6.07) is 0.